The van der Waals surface area contributed by atoms with Crippen molar-refractivity contribution < 1.29 is 17.9 Å². The Bertz CT molecular complexity index is 877. The highest BCUT2D eigenvalue weighted by Crippen LogP contribution is 2.21. The summed E-state index contributed by atoms with van der Waals surface area (Å²) in [5.74, 6) is 0.352. The van der Waals surface area contributed by atoms with Gasteiger partial charge in [0.05, 0.1) is 12.0 Å². The molecule has 2 aromatic carbocycles. The summed E-state index contributed by atoms with van der Waals surface area (Å²) in [4.78, 5) is 12.4. The highest BCUT2D eigenvalue weighted by atomic mass is 32.2. The Labute approximate surface area is 154 Å². The first-order chi connectivity index (χ1) is 12.3. The summed E-state index contributed by atoms with van der Waals surface area (Å²) < 4.78 is 32.9. The van der Waals surface area contributed by atoms with Gasteiger partial charge in [0.1, 0.15) is 5.75 Å². The zero-order chi connectivity index (χ0) is 19.3. The summed E-state index contributed by atoms with van der Waals surface area (Å²) in [5, 5.41) is 2.86. The maximum Gasteiger partial charge on any atom is 0.261 e. The number of anilines is 1. The summed E-state index contributed by atoms with van der Waals surface area (Å²) in [6, 6.07) is 11.1. The molecule has 0 spiro atoms. The lowest BCUT2D eigenvalue weighted by atomic mass is 10.1. The van der Waals surface area contributed by atoms with E-state index in [1.54, 1.807) is 37.3 Å². The average Bonchev–Trinajstić information content (AvgIpc) is 2.62. The molecule has 0 radical (unpaired) electrons. The van der Waals surface area contributed by atoms with Crippen LogP contribution in [-0.2, 0) is 10.0 Å². The van der Waals surface area contributed by atoms with E-state index >= 15 is 0 Å². The maximum absolute atomic E-state index is 12.6. The van der Waals surface area contributed by atoms with Crippen molar-refractivity contribution in [2.75, 3.05) is 11.8 Å². The molecule has 1 atom stereocenters. The van der Waals surface area contributed by atoms with Crippen LogP contribution in [0.15, 0.2) is 47.4 Å². The smallest absolute Gasteiger partial charge is 0.261 e. The summed E-state index contributed by atoms with van der Waals surface area (Å²) in [6.07, 6.45) is 0.793. The van der Waals surface area contributed by atoms with Gasteiger partial charge < -0.3 is 10.1 Å². The van der Waals surface area contributed by atoms with Crippen molar-refractivity contribution in [3.63, 3.8) is 0 Å². The van der Waals surface area contributed by atoms with Crippen molar-refractivity contribution in [1.29, 1.82) is 0 Å². The number of carbonyl (C=O) groups is 1. The molecule has 0 aliphatic heterocycles. The number of methoxy groups -OCH3 is 1. The lowest BCUT2D eigenvalue weighted by Crippen LogP contribution is -2.32. The van der Waals surface area contributed by atoms with Crippen molar-refractivity contribution >= 4 is 21.6 Å². The standard InChI is InChI=1S/C19H24N2O4S/c1-5-14(3)20-19(22)18-12-17(11-6-13(18)2)26(23,24)21-15-7-9-16(25-4)10-8-15/h6-12,14,21H,5H2,1-4H3,(H,20,22). The van der Waals surface area contributed by atoms with Gasteiger partial charge in [0.2, 0.25) is 0 Å². The second kappa shape index (κ2) is 8.23. The molecule has 26 heavy (non-hydrogen) atoms. The third kappa shape index (κ3) is 4.76. The normalized spacial score (nSPS) is 12.3. The second-order valence-corrected chi connectivity index (χ2v) is 7.78. The van der Waals surface area contributed by atoms with Gasteiger partial charge in [-0.25, -0.2) is 8.42 Å². The van der Waals surface area contributed by atoms with Crippen LogP contribution in [0.1, 0.15) is 36.2 Å². The first-order valence-electron chi connectivity index (χ1n) is 8.35. The summed E-state index contributed by atoms with van der Waals surface area (Å²) in [7, 11) is -2.27. The monoisotopic (exact) mass is 376 g/mol. The maximum atomic E-state index is 12.6. The number of hydrogen-bond donors (Lipinski definition) is 2. The minimum absolute atomic E-state index is 0.0135. The van der Waals surface area contributed by atoms with Crippen molar-refractivity contribution in [3.05, 3.63) is 53.6 Å². The number of aryl methyl sites for hydroxylation is 1. The number of ether oxygens (including phenoxy) is 1. The van der Waals surface area contributed by atoms with Gasteiger partial charge in [-0.2, -0.15) is 0 Å². The Hall–Kier alpha value is -2.54. The summed E-state index contributed by atoms with van der Waals surface area (Å²) in [5.41, 5.74) is 1.48. The molecule has 0 bridgehead atoms. The molecule has 6 nitrogen and oxygen atoms in total. The van der Waals surface area contributed by atoms with E-state index in [9.17, 15) is 13.2 Å². The number of hydrogen-bond acceptors (Lipinski definition) is 4. The van der Waals surface area contributed by atoms with Crippen molar-refractivity contribution in [3.8, 4) is 5.75 Å². The number of sulfonamides is 1. The molecule has 1 unspecified atom stereocenters. The van der Waals surface area contributed by atoms with E-state index in [0.29, 0.717) is 22.6 Å². The molecule has 2 rings (SSSR count). The predicted octanol–water partition coefficient (Wildman–Crippen LogP) is 3.33. The molecule has 0 aromatic heterocycles. The van der Waals surface area contributed by atoms with E-state index in [1.807, 2.05) is 13.8 Å². The number of carbonyl (C=O) groups excluding carboxylic acids is 1. The van der Waals surface area contributed by atoms with Crippen molar-refractivity contribution in [1.82, 2.24) is 5.32 Å². The van der Waals surface area contributed by atoms with Crippen LogP contribution in [0.2, 0.25) is 0 Å². The molecule has 0 aliphatic carbocycles. The summed E-state index contributed by atoms with van der Waals surface area (Å²) in [6.45, 7) is 5.65. The molecule has 140 valence electrons. The lowest BCUT2D eigenvalue weighted by molar-refractivity contribution is 0.0938. The number of benzene rings is 2. The zero-order valence-corrected chi connectivity index (χ0v) is 16.2. The lowest BCUT2D eigenvalue weighted by Gasteiger charge is -2.14. The van der Waals surface area contributed by atoms with Gasteiger partial charge in [-0.15, -0.1) is 0 Å². The first-order valence-corrected chi connectivity index (χ1v) is 9.83. The molecule has 7 heteroatoms. The Morgan fingerprint density at radius 2 is 1.81 bits per heavy atom. The van der Waals surface area contributed by atoms with Crippen LogP contribution in [-0.4, -0.2) is 27.5 Å². The highest BCUT2D eigenvalue weighted by Gasteiger charge is 2.19. The van der Waals surface area contributed by atoms with Gasteiger partial charge in [-0.3, -0.25) is 9.52 Å². The second-order valence-electron chi connectivity index (χ2n) is 6.09. The highest BCUT2D eigenvalue weighted by molar-refractivity contribution is 7.92. The van der Waals surface area contributed by atoms with Crippen LogP contribution in [0.5, 0.6) is 5.75 Å². The number of nitrogens with one attached hydrogen (secondary N) is 2. The minimum atomic E-state index is -3.81. The van der Waals surface area contributed by atoms with Crippen LogP contribution in [0.3, 0.4) is 0 Å². The zero-order valence-electron chi connectivity index (χ0n) is 15.4. The average molecular weight is 376 g/mol. The molecule has 0 aliphatic rings. The van der Waals surface area contributed by atoms with Gasteiger partial charge in [0.25, 0.3) is 15.9 Å². The van der Waals surface area contributed by atoms with Gasteiger partial charge in [-0.1, -0.05) is 13.0 Å². The van der Waals surface area contributed by atoms with Crippen molar-refractivity contribution in [2.24, 2.45) is 0 Å². The van der Waals surface area contributed by atoms with E-state index < -0.39 is 10.0 Å². The quantitative estimate of drug-likeness (QED) is 0.776. The van der Waals surface area contributed by atoms with E-state index in [1.165, 1.54) is 19.2 Å². The van der Waals surface area contributed by atoms with E-state index in [-0.39, 0.29) is 16.8 Å². The fraction of sp³-hybridized carbons (Fsp3) is 0.316. The van der Waals surface area contributed by atoms with Crippen LogP contribution in [0, 0.1) is 6.92 Å². The fourth-order valence-corrected chi connectivity index (χ4v) is 3.37. The fourth-order valence-electron chi connectivity index (χ4n) is 2.29. The first kappa shape index (κ1) is 19.8. The third-order valence-corrected chi connectivity index (χ3v) is 5.48. The van der Waals surface area contributed by atoms with Gasteiger partial charge >= 0.3 is 0 Å². The Kier molecular flexibility index (Phi) is 6.26. The molecule has 0 heterocycles. The summed E-state index contributed by atoms with van der Waals surface area (Å²) >= 11 is 0. The molecule has 2 N–H and O–H groups in total. The number of amides is 1. The van der Waals surface area contributed by atoms with Crippen LogP contribution in [0.25, 0.3) is 0 Å². The van der Waals surface area contributed by atoms with Crippen LogP contribution in [0.4, 0.5) is 5.69 Å². The third-order valence-electron chi connectivity index (χ3n) is 4.10. The molecule has 0 saturated carbocycles. The van der Waals surface area contributed by atoms with E-state index in [0.717, 1.165) is 6.42 Å². The minimum Gasteiger partial charge on any atom is -0.497 e. The molecule has 0 saturated heterocycles. The van der Waals surface area contributed by atoms with Gasteiger partial charge in [0.15, 0.2) is 0 Å². The van der Waals surface area contributed by atoms with E-state index in [2.05, 4.69) is 10.0 Å². The molecule has 0 fully saturated rings. The van der Waals surface area contributed by atoms with Gasteiger partial charge in [0, 0.05) is 17.3 Å². The SMILES string of the molecule is CCC(C)NC(=O)c1cc(S(=O)(=O)Nc2ccc(OC)cc2)ccc1C. The topological polar surface area (TPSA) is 84.5 Å². The Morgan fingerprint density at radius 3 is 2.38 bits per heavy atom. The molecule has 2 aromatic rings. The van der Waals surface area contributed by atoms with Gasteiger partial charge in [-0.05, 0) is 62.2 Å². The molecular formula is C19H24N2O4S. The molecular weight excluding hydrogens is 352 g/mol. The van der Waals surface area contributed by atoms with E-state index in [4.69, 9.17) is 4.74 Å². The Morgan fingerprint density at radius 1 is 1.15 bits per heavy atom. The van der Waals surface area contributed by atoms with Crippen molar-refractivity contribution in [2.45, 2.75) is 38.1 Å². The predicted molar refractivity (Wildman–Crippen MR) is 102 cm³/mol. The number of rotatable bonds is 7. The largest absolute Gasteiger partial charge is 0.497 e. The van der Waals surface area contributed by atoms with Crippen LogP contribution >= 0.6 is 0 Å². The van der Waals surface area contributed by atoms with Crippen LogP contribution < -0.4 is 14.8 Å². The molecule has 1 amide bonds. The Balaban J connectivity index is 2.28.